The highest BCUT2D eigenvalue weighted by atomic mass is 32.2. The smallest absolute Gasteiger partial charge is 0.387 e. The minimum absolute atomic E-state index is 0.0841. The Morgan fingerprint density at radius 1 is 1.24 bits per heavy atom. The van der Waals surface area contributed by atoms with Crippen molar-refractivity contribution in [1.82, 2.24) is 24.5 Å². The van der Waals surface area contributed by atoms with Gasteiger partial charge in [0.1, 0.15) is 5.75 Å². The van der Waals surface area contributed by atoms with Gasteiger partial charge in [-0.1, -0.05) is 23.9 Å². The third kappa shape index (κ3) is 4.81. The van der Waals surface area contributed by atoms with Crippen molar-refractivity contribution in [1.29, 1.82) is 0 Å². The molecule has 7 nitrogen and oxygen atoms in total. The molecule has 0 saturated heterocycles. The largest absolute Gasteiger partial charge is 0.435 e. The van der Waals surface area contributed by atoms with Crippen LogP contribution < -0.4 is 4.74 Å². The summed E-state index contributed by atoms with van der Waals surface area (Å²) in [6.07, 6.45) is 2.07. The van der Waals surface area contributed by atoms with Gasteiger partial charge in [0, 0.05) is 30.5 Å². The lowest BCUT2D eigenvalue weighted by molar-refractivity contribution is -0.129. The minimum Gasteiger partial charge on any atom is -0.435 e. The second-order valence-electron chi connectivity index (χ2n) is 6.52. The Balaban J connectivity index is 1.72. The van der Waals surface area contributed by atoms with E-state index in [-0.39, 0.29) is 18.1 Å². The molecule has 0 aliphatic carbocycles. The van der Waals surface area contributed by atoms with Crippen LogP contribution in [0.25, 0.3) is 5.78 Å². The van der Waals surface area contributed by atoms with E-state index in [1.54, 1.807) is 28.6 Å². The van der Waals surface area contributed by atoms with Crippen molar-refractivity contribution in [3.63, 3.8) is 0 Å². The van der Waals surface area contributed by atoms with Crippen molar-refractivity contribution < 1.29 is 18.3 Å². The Kier molecular flexibility index (Phi) is 6.31. The van der Waals surface area contributed by atoms with Gasteiger partial charge in [0.2, 0.25) is 11.1 Å². The van der Waals surface area contributed by atoms with Crippen molar-refractivity contribution in [2.75, 3.05) is 13.3 Å². The number of halogens is 2. The number of fused-ring (bicyclic) bond motifs is 1. The van der Waals surface area contributed by atoms with Gasteiger partial charge in [-0.25, -0.2) is 9.50 Å². The first kappa shape index (κ1) is 21.0. The SMILES string of the molecule is CSc1nc2nc(C)c(CC(=O)N(C)Cc3ccc(OC(F)F)cc3)c(C)n2n1. The molecule has 0 spiro atoms. The van der Waals surface area contributed by atoms with E-state index < -0.39 is 6.61 Å². The summed E-state index contributed by atoms with van der Waals surface area (Å²) in [7, 11) is 1.70. The summed E-state index contributed by atoms with van der Waals surface area (Å²) in [6.45, 7) is 1.23. The summed E-state index contributed by atoms with van der Waals surface area (Å²) in [4.78, 5) is 23.1. The van der Waals surface area contributed by atoms with Gasteiger partial charge in [-0.2, -0.15) is 13.8 Å². The van der Waals surface area contributed by atoms with E-state index in [2.05, 4.69) is 19.8 Å². The van der Waals surface area contributed by atoms with Crippen LogP contribution in [0.2, 0.25) is 0 Å². The second-order valence-corrected chi connectivity index (χ2v) is 7.29. The molecule has 2 aromatic heterocycles. The lowest BCUT2D eigenvalue weighted by Gasteiger charge is -2.19. The maximum atomic E-state index is 12.8. The molecule has 0 fully saturated rings. The van der Waals surface area contributed by atoms with Gasteiger partial charge in [-0.05, 0) is 37.8 Å². The van der Waals surface area contributed by atoms with Crippen LogP contribution in [0.5, 0.6) is 5.75 Å². The number of thioether (sulfide) groups is 1. The Labute approximate surface area is 171 Å². The fraction of sp³-hybridized carbons (Fsp3) is 0.368. The number of benzene rings is 1. The minimum atomic E-state index is -2.86. The quantitative estimate of drug-likeness (QED) is 0.546. The van der Waals surface area contributed by atoms with E-state index in [1.807, 2.05) is 20.1 Å². The Hall–Kier alpha value is -2.75. The van der Waals surface area contributed by atoms with E-state index in [1.165, 1.54) is 23.9 Å². The standard InChI is InChI=1S/C19H21F2N5O2S/c1-11-15(12(2)26-18(22-11)23-19(24-26)29-4)9-16(27)25(3)10-13-5-7-14(8-6-13)28-17(20)21/h5-8,17H,9-10H2,1-4H3. The molecule has 3 rings (SSSR count). The molecule has 3 aromatic rings. The van der Waals surface area contributed by atoms with Crippen LogP contribution in [0.4, 0.5) is 8.78 Å². The lowest BCUT2D eigenvalue weighted by Crippen LogP contribution is -2.28. The Bertz CT molecular complexity index is 1020. The van der Waals surface area contributed by atoms with Gasteiger partial charge >= 0.3 is 6.61 Å². The molecule has 0 unspecified atom stereocenters. The first-order chi connectivity index (χ1) is 13.8. The summed E-state index contributed by atoms with van der Waals surface area (Å²) in [5.41, 5.74) is 3.19. The molecule has 29 heavy (non-hydrogen) atoms. The molecule has 0 aliphatic heterocycles. The number of aromatic nitrogens is 4. The number of ether oxygens (including phenoxy) is 1. The number of aryl methyl sites for hydroxylation is 2. The molecule has 1 amide bonds. The monoisotopic (exact) mass is 421 g/mol. The zero-order valence-corrected chi connectivity index (χ0v) is 17.3. The van der Waals surface area contributed by atoms with Crippen LogP contribution in [0, 0.1) is 13.8 Å². The summed E-state index contributed by atoms with van der Waals surface area (Å²) in [5.74, 6) is 0.510. The number of rotatable bonds is 7. The van der Waals surface area contributed by atoms with Crippen LogP contribution in [-0.4, -0.2) is 50.3 Å². The van der Waals surface area contributed by atoms with Crippen molar-refractivity contribution in [3.05, 3.63) is 46.8 Å². The van der Waals surface area contributed by atoms with Crippen molar-refractivity contribution in [2.45, 2.75) is 38.6 Å². The number of carbonyl (C=O) groups excluding carboxylic acids is 1. The van der Waals surface area contributed by atoms with Gasteiger partial charge in [0.15, 0.2) is 0 Å². The average Bonchev–Trinajstić information content (AvgIpc) is 3.09. The van der Waals surface area contributed by atoms with Gasteiger partial charge in [0.25, 0.3) is 5.78 Å². The predicted molar refractivity (Wildman–Crippen MR) is 105 cm³/mol. The van der Waals surface area contributed by atoms with Crippen molar-refractivity contribution >= 4 is 23.4 Å². The molecule has 0 aliphatic rings. The fourth-order valence-electron chi connectivity index (χ4n) is 2.96. The molecule has 0 radical (unpaired) electrons. The number of nitrogens with zero attached hydrogens (tertiary/aromatic N) is 5. The number of likely N-dealkylation sites (N-methyl/N-ethyl adjacent to an activating group) is 1. The number of carbonyl (C=O) groups is 1. The molecule has 0 atom stereocenters. The molecule has 0 saturated carbocycles. The van der Waals surface area contributed by atoms with E-state index >= 15 is 0 Å². The number of hydrogen-bond donors (Lipinski definition) is 0. The summed E-state index contributed by atoms with van der Waals surface area (Å²) >= 11 is 1.43. The van der Waals surface area contributed by atoms with E-state index in [0.717, 1.165) is 22.5 Å². The molecule has 2 heterocycles. The first-order valence-corrected chi connectivity index (χ1v) is 10.1. The lowest BCUT2D eigenvalue weighted by atomic mass is 10.1. The third-order valence-electron chi connectivity index (χ3n) is 4.53. The molecule has 154 valence electrons. The fourth-order valence-corrected chi connectivity index (χ4v) is 3.29. The van der Waals surface area contributed by atoms with E-state index in [4.69, 9.17) is 0 Å². The maximum absolute atomic E-state index is 12.8. The molecule has 0 bridgehead atoms. The highest BCUT2D eigenvalue weighted by Gasteiger charge is 2.18. The van der Waals surface area contributed by atoms with Crippen LogP contribution >= 0.6 is 11.8 Å². The topological polar surface area (TPSA) is 72.6 Å². The maximum Gasteiger partial charge on any atom is 0.387 e. The highest BCUT2D eigenvalue weighted by molar-refractivity contribution is 7.98. The molecule has 10 heteroatoms. The summed E-state index contributed by atoms with van der Waals surface area (Å²) < 4.78 is 30.5. The Morgan fingerprint density at radius 3 is 2.55 bits per heavy atom. The van der Waals surface area contributed by atoms with Gasteiger partial charge < -0.3 is 9.64 Å². The van der Waals surface area contributed by atoms with E-state index in [0.29, 0.717) is 17.5 Å². The molecular formula is C19H21F2N5O2S. The van der Waals surface area contributed by atoms with Gasteiger partial charge in [-0.3, -0.25) is 4.79 Å². The second kappa shape index (κ2) is 8.73. The zero-order chi connectivity index (χ0) is 21.1. The Morgan fingerprint density at radius 2 is 1.93 bits per heavy atom. The van der Waals surface area contributed by atoms with Crippen LogP contribution in [0.1, 0.15) is 22.5 Å². The molecule has 1 aromatic carbocycles. The van der Waals surface area contributed by atoms with Crippen LogP contribution in [-0.2, 0) is 17.8 Å². The first-order valence-electron chi connectivity index (χ1n) is 8.83. The predicted octanol–water partition coefficient (Wildman–Crippen LogP) is 3.27. The van der Waals surface area contributed by atoms with Crippen LogP contribution in [0.3, 0.4) is 0 Å². The summed E-state index contributed by atoms with van der Waals surface area (Å²) in [6, 6.07) is 6.23. The van der Waals surface area contributed by atoms with Gasteiger partial charge in [-0.15, -0.1) is 5.10 Å². The van der Waals surface area contributed by atoms with Gasteiger partial charge in [0.05, 0.1) is 6.42 Å². The van der Waals surface area contributed by atoms with E-state index in [9.17, 15) is 13.6 Å². The average molecular weight is 421 g/mol. The summed E-state index contributed by atoms with van der Waals surface area (Å²) in [5, 5.41) is 5.02. The normalized spacial score (nSPS) is 11.3. The van der Waals surface area contributed by atoms with Crippen LogP contribution in [0.15, 0.2) is 29.4 Å². The highest BCUT2D eigenvalue weighted by Crippen LogP contribution is 2.19. The van der Waals surface area contributed by atoms with Crippen molar-refractivity contribution in [2.24, 2.45) is 0 Å². The zero-order valence-electron chi connectivity index (χ0n) is 16.5. The molecular weight excluding hydrogens is 400 g/mol. The number of amides is 1. The molecule has 0 N–H and O–H groups in total. The third-order valence-corrected chi connectivity index (χ3v) is 5.07. The number of alkyl halides is 2. The number of hydrogen-bond acceptors (Lipinski definition) is 6. The van der Waals surface area contributed by atoms with Crippen molar-refractivity contribution in [3.8, 4) is 5.75 Å².